The highest BCUT2D eigenvalue weighted by molar-refractivity contribution is 9.10. The summed E-state index contributed by atoms with van der Waals surface area (Å²) in [6, 6.07) is 22.7. The van der Waals surface area contributed by atoms with E-state index in [0.717, 1.165) is 38.0 Å². The zero-order valence-electron chi connectivity index (χ0n) is 18.1. The van der Waals surface area contributed by atoms with Crippen LogP contribution in [0.5, 0.6) is 11.5 Å². The van der Waals surface area contributed by atoms with E-state index in [4.69, 9.17) is 14.5 Å². The molecule has 1 atom stereocenters. The van der Waals surface area contributed by atoms with Gasteiger partial charge >= 0.3 is 0 Å². The molecule has 0 fully saturated rings. The van der Waals surface area contributed by atoms with Gasteiger partial charge in [-0.2, -0.15) is 0 Å². The van der Waals surface area contributed by atoms with Crippen LogP contribution in [-0.2, 0) is 0 Å². The maximum absolute atomic E-state index is 13.4. The predicted molar refractivity (Wildman–Crippen MR) is 130 cm³/mol. The number of nitrogens with one attached hydrogen (secondary N) is 1. The first-order chi connectivity index (χ1) is 15.5. The number of pyridine rings is 1. The quantitative estimate of drug-likeness (QED) is 0.350. The first-order valence-electron chi connectivity index (χ1n) is 10.2. The maximum atomic E-state index is 13.4. The Hall–Kier alpha value is -3.38. The molecule has 1 amide bonds. The van der Waals surface area contributed by atoms with Crippen LogP contribution in [0, 0.1) is 0 Å². The van der Waals surface area contributed by atoms with Crippen LogP contribution in [0.15, 0.2) is 77.3 Å². The number of aromatic nitrogens is 1. The summed E-state index contributed by atoms with van der Waals surface area (Å²) in [6.07, 6.45) is 0. The molecule has 0 aliphatic heterocycles. The molecule has 6 heteroatoms. The van der Waals surface area contributed by atoms with Gasteiger partial charge in [-0.1, -0.05) is 40.2 Å². The fourth-order valence-corrected chi connectivity index (χ4v) is 3.93. The molecule has 4 rings (SSSR count). The number of hydrogen-bond donors (Lipinski definition) is 1. The largest absolute Gasteiger partial charge is 0.497 e. The maximum Gasteiger partial charge on any atom is 0.252 e. The van der Waals surface area contributed by atoms with Crippen molar-refractivity contribution >= 4 is 32.7 Å². The Morgan fingerprint density at radius 1 is 0.938 bits per heavy atom. The highest BCUT2D eigenvalue weighted by Gasteiger charge is 2.17. The minimum Gasteiger partial charge on any atom is -0.497 e. The van der Waals surface area contributed by atoms with Gasteiger partial charge in [-0.25, -0.2) is 4.98 Å². The number of halogens is 1. The fourth-order valence-electron chi connectivity index (χ4n) is 3.57. The number of rotatable bonds is 6. The van der Waals surface area contributed by atoms with Crippen LogP contribution in [0.1, 0.15) is 28.9 Å². The van der Waals surface area contributed by atoms with Gasteiger partial charge in [0.25, 0.3) is 5.91 Å². The Labute approximate surface area is 195 Å². The molecule has 162 valence electrons. The van der Waals surface area contributed by atoms with E-state index < -0.39 is 0 Å². The minimum absolute atomic E-state index is 0.164. The molecule has 32 heavy (non-hydrogen) atoms. The van der Waals surface area contributed by atoms with Gasteiger partial charge in [0, 0.05) is 15.4 Å². The number of methoxy groups -OCH3 is 2. The monoisotopic (exact) mass is 490 g/mol. The summed E-state index contributed by atoms with van der Waals surface area (Å²) in [6.45, 7) is 1.96. The molecule has 1 unspecified atom stereocenters. The Kier molecular flexibility index (Phi) is 6.42. The van der Waals surface area contributed by atoms with E-state index in [1.165, 1.54) is 0 Å². The molecule has 1 N–H and O–H groups in total. The smallest absolute Gasteiger partial charge is 0.252 e. The summed E-state index contributed by atoms with van der Waals surface area (Å²) >= 11 is 3.51. The second kappa shape index (κ2) is 9.40. The van der Waals surface area contributed by atoms with Gasteiger partial charge in [-0.05, 0) is 61.0 Å². The standard InChI is InChI=1S/C26H23BrN2O3/c1-16(17-7-10-20(31-2)11-8-17)28-26(30)23-15-25(18-5-4-6-21(13-18)32-3)29-24-12-9-19(27)14-22(23)24/h4-16H,1-3H3,(H,28,30). The van der Waals surface area contributed by atoms with E-state index >= 15 is 0 Å². The van der Waals surface area contributed by atoms with E-state index in [9.17, 15) is 4.79 Å². The molecule has 3 aromatic carbocycles. The van der Waals surface area contributed by atoms with Crippen molar-refractivity contribution in [3.05, 3.63) is 88.4 Å². The molecule has 0 saturated heterocycles. The normalized spacial score (nSPS) is 11.8. The number of ether oxygens (including phenoxy) is 2. The van der Waals surface area contributed by atoms with Crippen LogP contribution < -0.4 is 14.8 Å². The average Bonchev–Trinajstić information content (AvgIpc) is 2.83. The van der Waals surface area contributed by atoms with Crippen molar-refractivity contribution in [2.45, 2.75) is 13.0 Å². The van der Waals surface area contributed by atoms with Gasteiger partial charge in [0.2, 0.25) is 0 Å². The summed E-state index contributed by atoms with van der Waals surface area (Å²) < 4.78 is 11.5. The van der Waals surface area contributed by atoms with E-state index in [1.54, 1.807) is 14.2 Å². The molecule has 5 nitrogen and oxygen atoms in total. The third-order valence-corrected chi connectivity index (χ3v) is 5.84. The predicted octanol–water partition coefficient (Wildman–Crippen LogP) is 6.17. The number of benzene rings is 3. The van der Waals surface area contributed by atoms with E-state index in [0.29, 0.717) is 11.3 Å². The number of fused-ring (bicyclic) bond motifs is 1. The van der Waals surface area contributed by atoms with Crippen LogP contribution >= 0.6 is 15.9 Å². The molecular weight excluding hydrogens is 468 g/mol. The number of carbonyl (C=O) groups excluding carboxylic acids is 1. The van der Waals surface area contributed by atoms with Crippen LogP contribution in [-0.4, -0.2) is 25.1 Å². The van der Waals surface area contributed by atoms with Crippen molar-refractivity contribution in [3.8, 4) is 22.8 Å². The highest BCUT2D eigenvalue weighted by Crippen LogP contribution is 2.29. The van der Waals surface area contributed by atoms with Gasteiger partial charge in [-0.15, -0.1) is 0 Å². The zero-order chi connectivity index (χ0) is 22.7. The van der Waals surface area contributed by atoms with E-state index in [1.807, 2.05) is 79.7 Å². The second-order valence-corrected chi connectivity index (χ2v) is 8.33. The minimum atomic E-state index is -0.177. The van der Waals surface area contributed by atoms with Gasteiger partial charge in [0.05, 0.1) is 37.0 Å². The molecule has 0 bridgehead atoms. The van der Waals surface area contributed by atoms with Crippen molar-refractivity contribution in [3.63, 3.8) is 0 Å². The summed E-state index contributed by atoms with van der Waals surface area (Å²) in [5, 5.41) is 3.90. The highest BCUT2D eigenvalue weighted by atomic mass is 79.9. The van der Waals surface area contributed by atoms with Gasteiger partial charge < -0.3 is 14.8 Å². The molecular formula is C26H23BrN2O3. The van der Waals surface area contributed by atoms with Crippen molar-refractivity contribution in [1.82, 2.24) is 10.3 Å². The third-order valence-electron chi connectivity index (χ3n) is 5.34. The van der Waals surface area contributed by atoms with Gasteiger partial charge in [-0.3, -0.25) is 4.79 Å². The molecule has 0 radical (unpaired) electrons. The fraction of sp³-hybridized carbons (Fsp3) is 0.154. The van der Waals surface area contributed by atoms with Gasteiger partial charge in [0.15, 0.2) is 0 Å². The van der Waals surface area contributed by atoms with E-state index in [2.05, 4.69) is 21.2 Å². The van der Waals surface area contributed by atoms with Crippen LogP contribution in [0.2, 0.25) is 0 Å². The first kappa shape index (κ1) is 21.8. The molecule has 0 aliphatic carbocycles. The molecule has 0 saturated carbocycles. The lowest BCUT2D eigenvalue weighted by Gasteiger charge is -2.17. The summed E-state index contributed by atoms with van der Waals surface area (Å²) in [4.78, 5) is 18.2. The average molecular weight is 491 g/mol. The number of hydrogen-bond acceptors (Lipinski definition) is 4. The molecule has 4 aromatic rings. The van der Waals surface area contributed by atoms with Crippen molar-refractivity contribution in [2.75, 3.05) is 14.2 Å². The van der Waals surface area contributed by atoms with Crippen molar-refractivity contribution in [1.29, 1.82) is 0 Å². The lowest BCUT2D eigenvalue weighted by atomic mass is 10.0. The molecule has 1 heterocycles. The lowest BCUT2D eigenvalue weighted by molar-refractivity contribution is 0.0941. The summed E-state index contributed by atoms with van der Waals surface area (Å²) in [5.41, 5.74) is 3.89. The number of nitrogens with zero attached hydrogens (tertiary/aromatic N) is 1. The Morgan fingerprint density at radius 2 is 1.69 bits per heavy atom. The topological polar surface area (TPSA) is 60.5 Å². The van der Waals surface area contributed by atoms with E-state index in [-0.39, 0.29) is 11.9 Å². The first-order valence-corrected chi connectivity index (χ1v) is 11.0. The number of amides is 1. The third kappa shape index (κ3) is 4.60. The van der Waals surface area contributed by atoms with Crippen molar-refractivity contribution < 1.29 is 14.3 Å². The SMILES string of the molecule is COc1ccc(C(C)NC(=O)c2cc(-c3cccc(OC)c3)nc3ccc(Br)cc23)cc1. The van der Waals surface area contributed by atoms with Crippen LogP contribution in [0.25, 0.3) is 22.2 Å². The Balaban J connectivity index is 1.73. The number of carbonyl (C=O) groups is 1. The Bertz CT molecular complexity index is 1270. The molecule has 1 aromatic heterocycles. The summed E-state index contributed by atoms with van der Waals surface area (Å²) in [5.74, 6) is 1.35. The van der Waals surface area contributed by atoms with Gasteiger partial charge in [0.1, 0.15) is 11.5 Å². The van der Waals surface area contributed by atoms with Crippen LogP contribution in [0.4, 0.5) is 0 Å². The Morgan fingerprint density at radius 3 is 2.41 bits per heavy atom. The zero-order valence-corrected chi connectivity index (χ0v) is 19.6. The second-order valence-electron chi connectivity index (χ2n) is 7.42. The molecule has 0 spiro atoms. The molecule has 0 aliphatic rings. The van der Waals surface area contributed by atoms with Crippen LogP contribution in [0.3, 0.4) is 0 Å². The summed E-state index contributed by atoms with van der Waals surface area (Å²) in [7, 11) is 3.26. The van der Waals surface area contributed by atoms with Crippen molar-refractivity contribution in [2.24, 2.45) is 0 Å². The lowest BCUT2D eigenvalue weighted by Crippen LogP contribution is -2.27.